The molecule has 0 aliphatic carbocycles. The second-order valence-electron chi connectivity index (χ2n) is 5.68. The number of nitrogens with one attached hydrogen (secondary N) is 1. The molecule has 4 nitrogen and oxygen atoms in total. The molecule has 0 aromatic carbocycles. The summed E-state index contributed by atoms with van der Waals surface area (Å²) in [5.74, 6) is 0.518. The van der Waals surface area contributed by atoms with Gasteiger partial charge in [-0.25, -0.2) is 4.98 Å². The Balaban J connectivity index is 2.52. The number of hydrogen-bond donors (Lipinski definition) is 1. The predicted molar refractivity (Wildman–Crippen MR) is 89.1 cm³/mol. The van der Waals surface area contributed by atoms with Crippen molar-refractivity contribution in [3.05, 3.63) is 22.8 Å². The van der Waals surface area contributed by atoms with E-state index < -0.39 is 0 Å². The van der Waals surface area contributed by atoms with Crippen molar-refractivity contribution in [3.63, 3.8) is 0 Å². The first-order valence-electron chi connectivity index (χ1n) is 7.69. The molecule has 120 valence electrons. The molecule has 0 atom stereocenters. The highest BCUT2D eigenvalue weighted by atomic mass is 35.5. The van der Waals surface area contributed by atoms with Gasteiger partial charge in [0.05, 0.1) is 0 Å². The van der Waals surface area contributed by atoms with Crippen LogP contribution in [0.4, 0.5) is 0 Å². The summed E-state index contributed by atoms with van der Waals surface area (Å²) in [5, 5.41) is 3.82. The highest BCUT2D eigenvalue weighted by Gasteiger charge is 2.13. The molecule has 1 aromatic rings. The summed E-state index contributed by atoms with van der Waals surface area (Å²) < 4.78 is 5.72. The maximum Gasteiger partial charge on any atom is 0.232 e. The van der Waals surface area contributed by atoms with E-state index in [0.29, 0.717) is 29.6 Å². The van der Waals surface area contributed by atoms with Crippen LogP contribution in [0.2, 0.25) is 5.02 Å². The van der Waals surface area contributed by atoms with E-state index in [1.165, 1.54) is 0 Å². The number of halogens is 1. The number of hydrogen-bond acceptors (Lipinski definition) is 4. The summed E-state index contributed by atoms with van der Waals surface area (Å²) >= 11 is 6.22. The van der Waals surface area contributed by atoms with Crippen LogP contribution >= 0.6 is 11.6 Å². The Hall–Kier alpha value is -0.840. The van der Waals surface area contributed by atoms with Crippen molar-refractivity contribution in [3.8, 4) is 5.88 Å². The zero-order valence-corrected chi connectivity index (χ0v) is 14.6. The molecule has 0 aliphatic rings. The lowest BCUT2D eigenvalue weighted by atomic mass is 10.2. The van der Waals surface area contributed by atoms with E-state index >= 15 is 0 Å². The quantitative estimate of drug-likeness (QED) is 0.758. The molecule has 1 rings (SSSR count). The number of ether oxygens (including phenoxy) is 1. The molecule has 0 amide bonds. The molecular weight excluding hydrogens is 286 g/mol. The summed E-state index contributed by atoms with van der Waals surface area (Å²) in [6, 6.07) is 2.91. The normalized spacial score (nSPS) is 11.7. The van der Waals surface area contributed by atoms with Gasteiger partial charge in [0.2, 0.25) is 5.88 Å². The van der Waals surface area contributed by atoms with Gasteiger partial charge < -0.3 is 10.1 Å². The summed E-state index contributed by atoms with van der Waals surface area (Å²) in [6.45, 7) is 14.0. The minimum Gasteiger partial charge on any atom is -0.475 e. The molecular formula is C16H28ClN3O. The van der Waals surface area contributed by atoms with Gasteiger partial charge in [0, 0.05) is 31.4 Å². The van der Waals surface area contributed by atoms with Crippen LogP contribution in [0.1, 0.15) is 40.2 Å². The van der Waals surface area contributed by atoms with Crippen LogP contribution in [0.25, 0.3) is 0 Å². The van der Waals surface area contributed by atoms with Gasteiger partial charge in [-0.15, -0.1) is 0 Å². The van der Waals surface area contributed by atoms with Crippen molar-refractivity contribution in [2.45, 2.75) is 53.2 Å². The zero-order valence-electron chi connectivity index (χ0n) is 13.8. The van der Waals surface area contributed by atoms with E-state index in [1.807, 2.05) is 12.3 Å². The van der Waals surface area contributed by atoms with Gasteiger partial charge in [0.25, 0.3) is 0 Å². The number of aromatic nitrogens is 1. The molecule has 21 heavy (non-hydrogen) atoms. The first kappa shape index (κ1) is 18.2. The van der Waals surface area contributed by atoms with E-state index in [1.54, 1.807) is 0 Å². The van der Waals surface area contributed by atoms with Crippen molar-refractivity contribution < 1.29 is 4.74 Å². The van der Waals surface area contributed by atoms with E-state index in [-0.39, 0.29) is 0 Å². The summed E-state index contributed by atoms with van der Waals surface area (Å²) in [4.78, 5) is 6.69. The third-order valence-electron chi connectivity index (χ3n) is 3.36. The lowest BCUT2D eigenvalue weighted by Crippen LogP contribution is -2.39. The van der Waals surface area contributed by atoms with Gasteiger partial charge in [0.15, 0.2) is 0 Å². The average Bonchev–Trinajstić information content (AvgIpc) is 2.42. The summed E-state index contributed by atoms with van der Waals surface area (Å²) in [6.07, 6.45) is 1.81. The van der Waals surface area contributed by atoms with Crippen LogP contribution in [-0.4, -0.2) is 41.7 Å². The Morgan fingerprint density at radius 1 is 1.29 bits per heavy atom. The minimum absolute atomic E-state index is 0.500. The molecule has 0 aliphatic heterocycles. The van der Waals surface area contributed by atoms with Crippen LogP contribution < -0.4 is 10.1 Å². The van der Waals surface area contributed by atoms with Crippen molar-refractivity contribution in [2.75, 3.05) is 19.7 Å². The summed E-state index contributed by atoms with van der Waals surface area (Å²) in [5.41, 5.74) is 1.07. The van der Waals surface area contributed by atoms with Gasteiger partial charge in [-0.05, 0) is 45.9 Å². The van der Waals surface area contributed by atoms with E-state index in [2.05, 4.69) is 49.8 Å². The Morgan fingerprint density at radius 3 is 2.48 bits per heavy atom. The van der Waals surface area contributed by atoms with E-state index in [0.717, 1.165) is 25.2 Å². The molecule has 0 saturated carbocycles. The lowest BCUT2D eigenvalue weighted by Gasteiger charge is -2.30. The number of nitrogens with zero attached hydrogens (tertiary/aromatic N) is 2. The van der Waals surface area contributed by atoms with Gasteiger partial charge >= 0.3 is 0 Å². The maximum atomic E-state index is 6.22. The standard InChI is InChI=1S/C16H28ClN3O/c1-6-18-10-14-9-15(17)16(19-11-14)21-8-7-20(12(2)3)13(4)5/h9,11-13,18H,6-8,10H2,1-5H3. The third kappa shape index (κ3) is 6.20. The molecule has 0 fully saturated rings. The van der Waals surface area contributed by atoms with Gasteiger partial charge in [0.1, 0.15) is 11.6 Å². The Bertz CT molecular complexity index is 416. The van der Waals surface area contributed by atoms with Crippen molar-refractivity contribution >= 4 is 11.6 Å². The first-order valence-corrected chi connectivity index (χ1v) is 8.07. The number of pyridine rings is 1. The van der Waals surface area contributed by atoms with Gasteiger partial charge in [-0.2, -0.15) is 0 Å². The zero-order chi connectivity index (χ0) is 15.8. The molecule has 0 radical (unpaired) electrons. The van der Waals surface area contributed by atoms with Crippen LogP contribution in [0, 0.1) is 0 Å². The van der Waals surface area contributed by atoms with Crippen molar-refractivity contribution in [1.82, 2.24) is 15.2 Å². The average molecular weight is 314 g/mol. The summed E-state index contributed by atoms with van der Waals surface area (Å²) in [7, 11) is 0. The second-order valence-corrected chi connectivity index (χ2v) is 6.09. The topological polar surface area (TPSA) is 37.4 Å². The monoisotopic (exact) mass is 313 g/mol. The predicted octanol–water partition coefficient (Wildman–Crippen LogP) is 3.34. The fourth-order valence-corrected chi connectivity index (χ4v) is 2.54. The van der Waals surface area contributed by atoms with Gasteiger partial charge in [-0.3, -0.25) is 4.90 Å². The Labute approximate surface area is 133 Å². The molecule has 1 heterocycles. The van der Waals surface area contributed by atoms with Gasteiger partial charge in [-0.1, -0.05) is 18.5 Å². The first-order chi connectivity index (χ1) is 9.95. The van der Waals surface area contributed by atoms with Crippen LogP contribution in [0.3, 0.4) is 0 Å². The Kier molecular flexibility index (Phi) is 8.01. The second kappa shape index (κ2) is 9.23. The largest absolute Gasteiger partial charge is 0.475 e. The van der Waals surface area contributed by atoms with Crippen LogP contribution in [-0.2, 0) is 6.54 Å². The minimum atomic E-state index is 0.500. The molecule has 0 bridgehead atoms. The number of rotatable bonds is 9. The fourth-order valence-electron chi connectivity index (χ4n) is 2.30. The van der Waals surface area contributed by atoms with E-state index in [4.69, 9.17) is 16.3 Å². The van der Waals surface area contributed by atoms with Crippen molar-refractivity contribution in [1.29, 1.82) is 0 Å². The molecule has 0 spiro atoms. The molecule has 1 N–H and O–H groups in total. The van der Waals surface area contributed by atoms with Crippen LogP contribution in [0.5, 0.6) is 5.88 Å². The smallest absolute Gasteiger partial charge is 0.232 e. The SMILES string of the molecule is CCNCc1cnc(OCCN(C(C)C)C(C)C)c(Cl)c1. The third-order valence-corrected chi connectivity index (χ3v) is 3.63. The highest BCUT2D eigenvalue weighted by Crippen LogP contribution is 2.22. The molecule has 5 heteroatoms. The molecule has 1 aromatic heterocycles. The molecule has 0 unspecified atom stereocenters. The Morgan fingerprint density at radius 2 is 1.95 bits per heavy atom. The van der Waals surface area contributed by atoms with E-state index in [9.17, 15) is 0 Å². The lowest BCUT2D eigenvalue weighted by molar-refractivity contribution is 0.140. The highest BCUT2D eigenvalue weighted by molar-refractivity contribution is 6.31. The maximum absolute atomic E-state index is 6.22. The van der Waals surface area contributed by atoms with Crippen molar-refractivity contribution in [2.24, 2.45) is 0 Å². The fraction of sp³-hybridized carbons (Fsp3) is 0.688. The molecule has 0 saturated heterocycles. The van der Waals surface area contributed by atoms with Crippen LogP contribution in [0.15, 0.2) is 12.3 Å².